The molecule has 1 aromatic carbocycles. The number of hydrogen-bond donors (Lipinski definition) is 1. The van der Waals surface area contributed by atoms with Crippen LogP contribution in [-0.2, 0) is 11.3 Å². The van der Waals surface area contributed by atoms with E-state index >= 15 is 0 Å². The third kappa shape index (κ3) is 4.13. The minimum atomic E-state index is -0.874. The summed E-state index contributed by atoms with van der Waals surface area (Å²) >= 11 is 0. The van der Waals surface area contributed by atoms with Crippen molar-refractivity contribution in [3.8, 4) is 0 Å². The number of hydrogen-bond acceptors (Lipinski definition) is 3. The van der Waals surface area contributed by atoms with Gasteiger partial charge in [-0.3, -0.25) is 4.90 Å². The maximum atomic E-state index is 11.1. The molecular weight excluding hydrogens is 230 g/mol. The van der Waals surface area contributed by atoms with Crippen LogP contribution in [0, 0.1) is 0 Å². The van der Waals surface area contributed by atoms with Crippen LogP contribution in [-0.4, -0.2) is 42.3 Å². The first-order valence-electron chi connectivity index (χ1n) is 6.10. The fraction of sp³-hybridized carbons (Fsp3) is 0.500. The SMILES string of the molecule is COCCN(Cc1ccccc1C(=O)O)C(C)C. The summed E-state index contributed by atoms with van der Waals surface area (Å²) in [5.74, 6) is -0.874. The number of carboxylic acids is 1. The molecule has 4 nitrogen and oxygen atoms in total. The van der Waals surface area contributed by atoms with Gasteiger partial charge in [0.05, 0.1) is 12.2 Å². The summed E-state index contributed by atoms with van der Waals surface area (Å²) in [6, 6.07) is 7.48. The highest BCUT2D eigenvalue weighted by Gasteiger charge is 2.14. The maximum Gasteiger partial charge on any atom is 0.336 e. The Kier molecular flexibility index (Phi) is 5.82. The lowest BCUT2D eigenvalue weighted by Gasteiger charge is -2.26. The van der Waals surface area contributed by atoms with E-state index in [2.05, 4.69) is 18.7 Å². The van der Waals surface area contributed by atoms with Gasteiger partial charge in [-0.2, -0.15) is 0 Å². The van der Waals surface area contributed by atoms with Crippen LogP contribution in [0.1, 0.15) is 29.8 Å². The topological polar surface area (TPSA) is 49.8 Å². The molecule has 0 radical (unpaired) electrons. The Morgan fingerprint density at radius 3 is 2.61 bits per heavy atom. The molecule has 0 atom stereocenters. The Morgan fingerprint density at radius 1 is 1.39 bits per heavy atom. The summed E-state index contributed by atoms with van der Waals surface area (Å²) in [4.78, 5) is 13.3. The van der Waals surface area contributed by atoms with Crippen molar-refractivity contribution >= 4 is 5.97 Å². The Bertz CT molecular complexity index is 390. The molecule has 0 aromatic heterocycles. The number of rotatable bonds is 7. The number of carboxylic acid groups (broad SMARTS) is 1. The highest BCUT2D eigenvalue weighted by molar-refractivity contribution is 5.89. The second-order valence-electron chi connectivity index (χ2n) is 4.52. The first kappa shape index (κ1) is 14.7. The van der Waals surface area contributed by atoms with E-state index in [0.717, 1.165) is 12.1 Å². The predicted molar refractivity (Wildman–Crippen MR) is 70.8 cm³/mol. The van der Waals surface area contributed by atoms with Gasteiger partial charge in [0.2, 0.25) is 0 Å². The van der Waals surface area contributed by atoms with Crippen molar-refractivity contribution < 1.29 is 14.6 Å². The van der Waals surface area contributed by atoms with Gasteiger partial charge >= 0.3 is 5.97 Å². The number of benzene rings is 1. The van der Waals surface area contributed by atoms with E-state index in [-0.39, 0.29) is 0 Å². The molecule has 100 valence electrons. The number of nitrogens with zero attached hydrogens (tertiary/aromatic N) is 1. The predicted octanol–water partition coefficient (Wildman–Crippen LogP) is 2.24. The molecule has 0 spiro atoms. The van der Waals surface area contributed by atoms with Gasteiger partial charge in [-0.25, -0.2) is 4.79 Å². The minimum absolute atomic E-state index is 0.349. The first-order chi connectivity index (χ1) is 8.56. The van der Waals surface area contributed by atoms with Crippen molar-refractivity contribution in [3.05, 3.63) is 35.4 Å². The molecular formula is C14H21NO3. The first-order valence-corrected chi connectivity index (χ1v) is 6.10. The van der Waals surface area contributed by atoms with Crippen molar-refractivity contribution in [2.24, 2.45) is 0 Å². The van der Waals surface area contributed by atoms with Gasteiger partial charge in [0.25, 0.3) is 0 Å². The van der Waals surface area contributed by atoms with Gasteiger partial charge in [0.15, 0.2) is 0 Å². The van der Waals surface area contributed by atoms with Crippen LogP contribution in [0.3, 0.4) is 0 Å². The second-order valence-corrected chi connectivity index (χ2v) is 4.52. The number of aromatic carboxylic acids is 1. The van der Waals surface area contributed by atoms with Gasteiger partial charge in [0.1, 0.15) is 0 Å². The van der Waals surface area contributed by atoms with Crippen LogP contribution in [0.15, 0.2) is 24.3 Å². The fourth-order valence-electron chi connectivity index (χ4n) is 1.81. The molecule has 0 heterocycles. The summed E-state index contributed by atoms with van der Waals surface area (Å²) in [5.41, 5.74) is 1.22. The van der Waals surface area contributed by atoms with Crippen LogP contribution in [0.5, 0.6) is 0 Å². The van der Waals surface area contributed by atoms with Gasteiger partial charge in [-0.15, -0.1) is 0 Å². The molecule has 0 bridgehead atoms. The monoisotopic (exact) mass is 251 g/mol. The van der Waals surface area contributed by atoms with Gasteiger partial charge in [0, 0.05) is 26.2 Å². The third-order valence-corrected chi connectivity index (χ3v) is 2.93. The van der Waals surface area contributed by atoms with E-state index in [9.17, 15) is 4.79 Å². The Morgan fingerprint density at radius 2 is 2.06 bits per heavy atom. The molecule has 0 fully saturated rings. The van der Waals surface area contributed by atoms with Crippen molar-refractivity contribution in [2.75, 3.05) is 20.3 Å². The van der Waals surface area contributed by atoms with Crippen molar-refractivity contribution in [1.82, 2.24) is 4.90 Å². The molecule has 0 aliphatic rings. The zero-order valence-corrected chi connectivity index (χ0v) is 11.2. The van der Waals surface area contributed by atoms with Gasteiger partial charge in [-0.05, 0) is 25.5 Å². The normalized spacial score (nSPS) is 11.2. The fourth-order valence-corrected chi connectivity index (χ4v) is 1.81. The third-order valence-electron chi connectivity index (χ3n) is 2.93. The molecule has 0 unspecified atom stereocenters. The van der Waals surface area contributed by atoms with Crippen LogP contribution >= 0.6 is 0 Å². The molecule has 0 saturated heterocycles. The van der Waals surface area contributed by atoms with Crippen LogP contribution in [0.2, 0.25) is 0 Å². The summed E-state index contributed by atoms with van der Waals surface area (Å²) in [7, 11) is 1.67. The Hall–Kier alpha value is -1.39. The molecule has 1 N–H and O–H groups in total. The smallest absolute Gasteiger partial charge is 0.336 e. The van der Waals surface area contributed by atoms with Crippen molar-refractivity contribution in [2.45, 2.75) is 26.4 Å². The molecule has 0 amide bonds. The van der Waals surface area contributed by atoms with Crippen LogP contribution in [0.4, 0.5) is 0 Å². The summed E-state index contributed by atoms with van der Waals surface area (Å²) in [6.45, 7) is 6.26. The van der Waals surface area contributed by atoms with Gasteiger partial charge < -0.3 is 9.84 Å². The standard InChI is InChI=1S/C14H21NO3/c1-11(2)15(8-9-18-3)10-12-6-4-5-7-13(12)14(16)17/h4-7,11H,8-10H2,1-3H3,(H,16,17). The number of ether oxygens (including phenoxy) is 1. The van der Waals surface area contributed by atoms with E-state index in [4.69, 9.17) is 9.84 Å². The molecule has 0 aliphatic heterocycles. The Balaban J connectivity index is 2.83. The zero-order valence-electron chi connectivity index (χ0n) is 11.2. The van der Waals surface area contributed by atoms with Gasteiger partial charge in [-0.1, -0.05) is 18.2 Å². The summed E-state index contributed by atoms with van der Waals surface area (Å²) in [6.07, 6.45) is 0. The highest BCUT2D eigenvalue weighted by Crippen LogP contribution is 2.13. The maximum absolute atomic E-state index is 11.1. The van der Waals surface area contributed by atoms with Crippen LogP contribution < -0.4 is 0 Å². The van der Waals surface area contributed by atoms with Crippen molar-refractivity contribution in [3.63, 3.8) is 0 Å². The molecule has 4 heteroatoms. The summed E-state index contributed by atoms with van der Waals surface area (Å²) < 4.78 is 5.08. The second kappa shape index (κ2) is 7.13. The average Bonchev–Trinajstić information content (AvgIpc) is 2.34. The highest BCUT2D eigenvalue weighted by atomic mass is 16.5. The largest absolute Gasteiger partial charge is 0.478 e. The van der Waals surface area contributed by atoms with Crippen LogP contribution in [0.25, 0.3) is 0 Å². The van der Waals surface area contributed by atoms with E-state index in [1.165, 1.54) is 0 Å². The molecule has 18 heavy (non-hydrogen) atoms. The van der Waals surface area contributed by atoms with E-state index in [1.54, 1.807) is 19.2 Å². The Labute approximate surface area is 108 Å². The zero-order chi connectivity index (χ0) is 13.5. The summed E-state index contributed by atoms with van der Waals surface area (Å²) in [5, 5.41) is 9.15. The van der Waals surface area contributed by atoms with Crippen molar-refractivity contribution in [1.29, 1.82) is 0 Å². The number of methoxy groups -OCH3 is 1. The minimum Gasteiger partial charge on any atom is -0.478 e. The van der Waals surface area contributed by atoms with E-state index in [0.29, 0.717) is 24.8 Å². The average molecular weight is 251 g/mol. The molecule has 0 aliphatic carbocycles. The number of carbonyl (C=O) groups is 1. The van der Waals surface area contributed by atoms with E-state index in [1.807, 2.05) is 12.1 Å². The quantitative estimate of drug-likeness (QED) is 0.807. The molecule has 0 saturated carbocycles. The molecule has 1 rings (SSSR count). The lowest BCUT2D eigenvalue weighted by molar-refractivity contribution is 0.0692. The lowest BCUT2D eigenvalue weighted by atomic mass is 10.1. The molecule has 1 aromatic rings. The van der Waals surface area contributed by atoms with E-state index < -0.39 is 5.97 Å². The lowest BCUT2D eigenvalue weighted by Crippen LogP contribution is -2.33.